The Kier molecular flexibility index (Phi) is 3.02. The first-order chi connectivity index (χ1) is 5.88. The van der Waals surface area contributed by atoms with Crippen LogP contribution in [0.4, 0.5) is 5.69 Å². The molecule has 0 heterocycles. The molecule has 0 unspecified atom stereocenters. The van der Waals surface area contributed by atoms with E-state index in [-0.39, 0.29) is 0 Å². The molecular formula is C9H10N2O. The fraction of sp³-hybridized carbons (Fsp3) is 0.111. The lowest BCUT2D eigenvalue weighted by Crippen LogP contribution is -1.97. The van der Waals surface area contributed by atoms with Gasteiger partial charge in [0, 0.05) is 24.5 Å². The first-order valence-electron chi connectivity index (χ1n) is 3.60. The van der Waals surface area contributed by atoms with E-state index in [1.54, 1.807) is 13.3 Å². The van der Waals surface area contributed by atoms with E-state index in [9.17, 15) is 4.79 Å². The molecule has 1 rings (SSSR count). The highest BCUT2D eigenvalue weighted by Gasteiger charge is 1.95. The van der Waals surface area contributed by atoms with Crippen molar-refractivity contribution >= 4 is 18.3 Å². The molecule has 0 aromatic heterocycles. The van der Waals surface area contributed by atoms with E-state index < -0.39 is 0 Å². The van der Waals surface area contributed by atoms with Crippen molar-refractivity contribution in [2.45, 2.75) is 0 Å². The third-order valence-corrected chi connectivity index (χ3v) is 1.44. The predicted molar refractivity (Wildman–Crippen MR) is 49.6 cm³/mol. The van der Waals surface area contributed by atoms with E-state index in [2.05, 4.69) is 10.3 Å². The van der Waals surface area contributed by atoms with Gasteiger partial charge in [-0.1, -0.05) is 18.2 Å². The summed E-state index contributed by atoms with van der Waals surface area (Å²) in [4.78, 5) is 14.0. The van der Waals surface area contributed by atoms with Crippen LogP contribution in [0.2, 0.25) is 0 Å². The smallest absolute Gasteiger partial charge is 0.211 e. The van der Waals surface area contributed by atoms with Gasteiger partial charge in [-0.25, -0.2) is 0 Å². The van der Waals surface area contributed by atoms with E-state index in [4.69, 9.17) is 0 Å². The van der Waals surface area contributed by atoms with Crippen LogP contribution in [0, 0.1) is 0 Å². The average Bonchev–Trinajstić information content (AvgIpc) is 2.09. The van der Waals surface area contributed by atoms with Gasteiger partial charge in [-0.2, -0.15) is 0 Å². The fourth-order valence-electron chi connectivity index (χ4n) is 0.944. The second-order valence-corrected chi connectivity index (χ2v) is 2.24. The summed E-state index contributed by atoms with van der Waals surface area (Å²) in [5.41, 5.74) is 1.69. The summed E-state index contributed by atoms with van der Waals surface area (Å²) in [5, 5.41) is 2.59. The highest BCUT2D eigenvalue weighted by atomic mass is 16.1. The van der Waals surface area contributed by atoms with Crippen molar-refractivity contribution < 1.29 is 4.79 Å². The molecule has 0 fully saturated rings. The Hall–Kier alpha value is -1.64. The molecule has 0 aliphatic rings. The van der Waals surface area contributed by atoms with Crippen LogP contribution in [0.1, 0.15) is 5.56 Å². The van der Waals surface area contributed by atoms with Crippen molar-refractivity contribution in [1.29, 1.82) is 0 Å². The van der Waals surface area contributed by atoms with Crippen molar-refractivity contribution in [3.05, 3.63) is 29.8 Å². The molecule has 1 N–H and O–H groups in total. The molecule has 0 aliphatic heterocycles. The number of hydrogen-bond acceptors (Lipinski definition) is 2. The molecular weight excluding hydrogens is 152 g/mol. The third-order valence-electron chi connectivity index (χ3n) is 1.44. The summed E-state index contributed by atoms with van der Waals surface area (Å²) in [6, 6.07) is 7.47. The van der Waals surface area contributed by atoms with Gasteiger partial charge in [0.2, 0.25) is 6.41 Å². The normalized spacial score (nSPS) is 10.1. The minimum Gasteiger partial charge on any atom is -0.328 e. The summed E-state index contributed by atoms with van der Waals surface area (Å²) < 4.78 is 0. The second-order valence-electron chi connectivity index (χ2n) is 2.24. The Morgan fingerprint density at radius 3 is 2.83 bits per heavy atom. The number of anilines is 1. The minimum atomic E-state index is 0.655. The molecule has 0 aliphatic carbocycles. The van der Waals surface area contributed by atoms with Crippen LogP contribution in [0.5, 0.6) is 0 Å². The number of amides is 1. The van der Waals surface area contributed by atoms with Crippen LogP contribution in [0.3, 0.4) is 0 Å². The van der Waals surface area contributed by atoms with Gasteiger partial charge in [0.25, 0.3) is 0 Å². The highest BCUT2D eigenvalue weighted by Crippen LogP contribution is 2.11. The van der Waals surface area contributed by atoms with Crippen molar-refractivity contribution in [2.24, 2.45) is 4.99 Å². The lowest BCUT2D eigenvalue weighted by molar-refractivity contribution is -0.105. The van der Waals surface area contributed by atoms with Gasteiger partial charge >= 0.3 is 0 Å². The summed E-state index contributed by atoms with van der Waals surface area (Å²) in [5.74, 6) is 0. The van der Waals surface area contributed by atoms with E-state index in [0.29, 0.717) is 6.41 Å². The molecule has 0 saturated carbocycles. The minimum absolute atomic E-state index is 0.655. The number of hydrogen-bond donors (Lipinski definition) is 1. The maximum Gasteiger partial charge on any atom is 0.211 e. The first kappa shape index (κ1) is 8.46. The van der Waals surface area contributed by atoms with Gasteiger partial charge in [-0.15, -0.1) is 0 Å². The number of carbonyl (C=O) groups is 1. The number of nitrogens with one attached hydrogen (secondary N) is 1. The van der Waals surface area contributed by atoms with E-state index in [1.165, 1.54) is 0 Å². The van der Waals surface area contributed by atoms with E-state index in [1.807, 2.05) is 24.3 Å². The molecule has 0 spiro atoms. The van der Waals surface area contributed by atoms with Crippen molar-refractivity contribution in [3.8, 4) is 0 Å². The maximum absolute atomic E-state index is 10.2. The molecule has 12 heavy (non-hydrogen) atoms. The number of para-hydroxylation sites is 1. The number of carbonyl (C=O) groups excluding carboxylic acids is 1. The average molecular weight is 162 g/mol. The number of nitrogens with zero attached hydrogens (tertiary/aromatic N) is 1. The zero-order valence-corrected chi connectivity index (χ0v) is 6.82. The van der Waals surface area contributed by atoms with E-state index in [0.717, 1.165) is 11.3 Å². The van der Waals surface area contributed by atoms with Crippen LogP contribution in [-0.4, -0.2) is 19.7 Å². The SMILES string of the molecule is CN=Cc1ccccc1NC=O. The molecule has 0 atom stereocenters. The van der Waals surface area contributed by atoms with Crippen LogP contribution >= 0.6 is 0 Å². The molecule has 0 bridgehead atoms. The standard InChI is InChI=1S/C9H10N2O/c1-10-6-8-4-2-3-5-9(8)11-7-12/h2-7H,1H3,(H,11,12). The lowest BCUT2D eigenvalue weighted by Gasteiger charge is -2.01. The summed E-state index contributed by atoms with van der Waals surface area (Å²) in [6.45, 7) is 0. The Balaban J connectivity index is 2.99. The first-order valence-corrected chi connectivity index (χ1v) is 3.60. The molecule has 62 valence electrons. The molecule has 3 nitrogen and oxygen atoms in total. The van der Waals surface area contributed by atoms with Crippen molar-refractivity contribution in [2.75, 3.05) is 12.4 Å². The zero-order valence-electron chi connectivity index (χ0n) is 6.82. The Morgan fingerprint density at radius 1 is 1.42 bits per heavy atom. The van der Waals surface area contributed by atoms with Crippen molar-refractivity contribution in [1.82, 2.24) is 0 Å². The molecule has 3 heteroatoms. The maximum atomic E-state index is 10.2. The van der Waals surface area contributed by atoms with Crippen LogP contribution < -0.4 is 5.32 Å². The number of aliphatic imine (C=N–C) groups is 1. The topological polar surface area (TPSA) is 41.5 Å². The van der Waals surface area contributed by atoms with Gasteiger partial charge in [0.15, 0.2) is 0 Å². The largest absolute Gasteiger partial charge is 0.328 e. The summed E-state index contributed by atoms with van der Waals surface area (Å²) in [7, 11) is 1.69. The van der Waals surface area contributed by atoms with Crippen LogP contribution in [0.25, 0.3) is 0 Å². The second kappa shape index (κ2) is 4.28. The predicted octanol–water partition coefficient (Wildman–Crippen LogP) is 1.30. The third kappa shape index (κ3) is 1.92. The molecule has 1 aromatic rings. The zero-order chi connectivity index (χ0) is 8.81. The van der Waals surface area contributed by atoms with Gasteiger partial charge in [-0.3, -0.25) is 9.79 Å². The van der Waals surface area contributed by atoms with Gasteiger partial charge < -0.3 is 5.32 Å². The van der Waals surface area contributed by atoms with Gasteiger partial charge in [0.05, 0.1) is 0 Å². The Labute approximate surface area is 71.1 Å². The lowest BCUT2D eigenvalue weighted by atomic mass is 10.2. The summed E-state index contributed by atoms with van der Waals surface area (Å²) >= 11 is 0. The quantitative estimate of drug-likeness (QED) is 0.528. The number of benzene rings is 1. The van der Waals surface area contributed by atoms with Gasteiger partial charge in [0.1, 0.15) is 0 Å². The Morgan fingerprint density at radius 2 is 2.17 bits per heavy atom. The Bertz CT molecular complexity index is 294. The fourth-order valence-corrected chi connectivity index (χ4v) is 0.944. The molecule has 0 saturated heterocycles. The molecule has 1 amide bonds. The van der Waals surface area contributed by atoms with Crippen molar-refractivity contribution in [3.63, 3.8) is 0 Å². The van der Waals surface area contributed by atoms with Crippen LogP contribution in [0.15, 0.2) is 29.3 Å². The van der Waals surface area contributed by atoms with Crippen LogP contribution in [-0.2, 0) is 4.79 Å². The molecule has 0 radical (unpaired) electrons. The number of rotatable bonds is 3. The molecule has 1 aromatic carbocycles. The summed E-state index contributed by atoms with van der Waals surface area (Å²) in [6.07, 6.45) is 2.36. The van der Waals surface area contributed by atoms with Gasteiger partial charge in [-0.05, 0) is 6.07 Å². The highest BCUT2D eigenvalue weighted by molar-refractivity contribution is 5.90. The van der Waals surface area contributed by atoms with E-state index >= 15 is 0 Å². The monoisotopic (exact) mass is 162 g/mol.